The highest BCUT2D eigenvalue weighted by atomic mass is 15.1. The van der Waals surface area contributed by atoms with Crippen LogP contribution in [0, 0.1) is 12.8 Å². The van der Waals surface area contributed by atoms with E-state index in [9.17, 15) is 0 Å². The Labute approximate surface area is 118 Å². The van der Waals surface area contributed by atoms with E-state index >= 15 is 0 Å². The van der Waals surface area contributed by atoms with Crippen molar-refractivity contribution in [2.45, 2.75) is 45.6 Å². The molecule has 19 heavy (non-hydrogen) atoms. The van der Waals surface area contributed by atoms with Crippen LogP contribution in [0.5, 0.6) is 0 Å². The molecule has 1 N–H and O–H groups in total. The maximum atomic E-state index is 3.52. The van der Waals surface area contributed by atoms with Crippen molar-refractivity contribution in [1.82, 2.24) is 5.32 Å². The fraction of sp³-hybridized carbons (Fsp3) is 0.647. The molecule has 0 aliphatic heterocycles. The molecule has 1 fully saturated rings. The van der Waals surface area contributed by atoms with Crippen molar-refractivity contribution in [2.24, 2.45) is 5.92 Å². The first kappa shape index (κ1) is 14.4. The third-order valence-electron chi connectivity index (χ3n) is 4.48. The lowest BCUT2D eigenvalue weighted by molar-refractivity contribution is 0.276. The molecule has 0 spiro atoms. The number of benzene rings is 1. The third kappa shape index (κ3) is 3.73. The number of hydrogen-bond donors (Lipinski definition) is 1. The highest BCUT2D eigenvalue weighted by molar-refractivity contribution is 5.48. The van der Waals surface area contributed by atoms with Crippen LogP contribution in [0.15, 0.2) is 24.3 Å². The van der Waals surface area contributed by atoms with E-state index in [0.717, 1.165) is 12.5 Å². The van der Waals surface area contributed by atoms with Crippen molar-refractivity contribution in [3.63, 3.8) is 0 Å². The average Bonchev–Trinajstić information content (AvgIpc) is 2.45. The molecule has 0 saturated heterocycles. The van der Waals surface area contributed by atoms with Gasteiger partial charge in [-0.25, -0.2) is 0 Å². The van der Waals surface area contributed by atoms with Crippen LogP contribution in [-0.2, 0) is 0 Å². The van der Waals surface area contributed by atoms with Gasteiger partial charge in [-0.05, 0) is 57.4 Å². The number of hydrogen-bond acceptors (Lipinski definition) is 2. The summed E-state index contributed by atoms with van der Waals surface area (Å²) in [4.78, 5) is 2.54. The van der Waals surface area contributed by atoms with Crippen molar-refractivity contribution >= 4 is 5.69 Å². The Bertz CT molecular complexity index is 389. The van der Waals surface area contributed by atoms with Gasteiger partial charge < -0.3 is 10.2 Å². The Hall–Kier alpha value is -1.02. The highest BCUT2D eigenvalue weighted by Crippen LogP contribution is 2.27. The minimum Gasteiger partial charge on any atom is -0.371 e. The van der Waals surface area contributed by atoms with Crippen LogP contribution in [-0.4, -0.2) is 26.2 Å². The minimum absolute atomic E-state index is 0.701. The summed E-state index contributed by atoms with van der Waals surface area (Å²) >= 11 is 0. The van der Waals surface area contributed by atoms with E-state index in [1.54, 1.807) is 0 Å². The lowest BCUT2D eigenvalue weighted by Crippen LogP contribution is -2.43. The predicted molar refractivity (Wildman–Crippen MR) is 83.9 cm³/mol. The molecule has 0 heterocycles. The highest BCUT2D eigenvalue weighted by Gasteiger charge is 2.25. The molecule has 1 saturated carbocycles. The van der Waals surface area contributed by atoms with Gasteiger partial charge in [-0.2, -0.15) is 0 Å². The summed E-state index contributed by atoms with van der Waals surface area (Å²) in [5.41, 5.74) is 2.73. The van der Waals surface area contributed by atoms with Crippen LogP contribution in [0.25, 0.3) is 0 Å². The lowest BCUT2D eigenvalue weighted by Gasteiger charge is -2.36. The standard InChI is InChI=1S/C17H28N2/c1-4-19(16-10-7-8-14(2)12-16)13-15-9-5-6-11-17(15)18-3/h7-8,10,12,15,17-18H,4-6,9,11,13H2,1-3H3. The van der Waals surface area contributed by atoms with E-state index < -0.39 is 0 Å². The molecular weight excluding hydrogens is 232 g/mol. The summed E-state index contributed by atoms with van der Waals surface area (Å²) < 4.78 is 0. The smallest absolute Gasteiger partial charge is 0.0368 e. The molecule has 106 valence electrons. The van der Waals surface area contributed by atoms with E-state index in [1.807, 2.05) is 0 Å². The summed E-state index contributed by atoms with van der Waals surface area (Å²) in [6, 6.07) is 9.60. The maximum absolute atomic E-state index is 3.52. The summed E-state index contributed by atoms with van der Waals surface area (Å²) in [5.74, 6) is 0.791. The van der Waals surface area contributed by atoms with E-state index in [2.05, 4.69) is 55.4 Å². The summed E-state index contributed by atoms with van der Waals surface area (Å²) in [7, 11) is 2.12. The first-order chi connectivity index (χ1) is 9.24. The zero-order chi connectivity index (χ0) is 13.7. The topological polar surface area (TPSA) is 15.3 Å². The molecule has 2 nitrogen and oxygen atoms in total. The number of nitrogens with one attached hydrogen (secondary N) is 1. The van der Waals surface area contributed by atoms with Gasteiger partial charge in [0, 0.05) is 24.8 Å². The Balaban J connectivity index is 2.05. The number of aryl methyl sites for hydroxylation is 1. The summed E-state index contributed by atoms with van der Waals surface area (Å²) in [5, 5.41) is 3.52. The van der Waals surface area contributed by atoms with Gasteiger partial charge in [-0.3, -0.25) is 0 Å². The normalized spacial score (nSPS) is 23.3. The van der Waals surface area contributed by atoms with E-state index in [4.69, 9.17) is 0 Å². The minimum atomic E-state index is 0.701. The summed E-state index contributed by atoms with van der Waals surface area (Å²) in [6.07, 6.45) is 5.49. The largest absolute Gasteiger partial charge is 0.371 e. The SMILES string of the molecule is CCN(CC1CCCCC1NC)c1cccc(C)c1. The zero-order valence-electron chi connectivity index (χ0n) is 12.7. The van der Waals surface area contributed by atoms with Crippen LogP contribution >= 0.6 is 0 Å². The molecule has 1 aliphatic carbocycles. The third-order valence-corrected chi connectivity index (χ3v) is 4.48. The van der Waals surface area contributed by atoms with Crippen LogP contribution in [0.1, 0.15) is 38.2 Å². The first-order valence-electron chi connectivity index (χ1n) is 7.73. The Morgan fingerprint density at radius 1 is 1.26 bits per heavy atom. The molecule has 1 aliphatic rings. The van der Waals surface area contributed by atoms with Gasteiger partial charge in [-0.1, -0.05) is 25.0 Å². The van der Waals surface area contributed by atoms with Crippen molar-refractivity contribution in [1.29, 1.82) is 0 Å². The Morgan fingerprint density at radius 2 is 2.05 bits per heavy atom. The molecule has 1 aromatic carbocycles. The molecule has 1 aromatic rings. The average molecular weight is 260 g/mol. The second-order valence-corrected chi connectivity index (χ2v) is 5.82. The van der Waals surface area contributed by atoms with Gasteiger partial charge >= 0.3 is 0 Å². The second-order valence-electron chi connectivity index (χ2n) is 5.82. The van der Waals surface area contributed by atoms with Crippen molar-refractivity contribution < 1.29 is 0 Å². The van der Waals surface area contributed by atoms with Gasteiger partial charge in [0.2, 0.25) is 0 Å². The van der Waals surface area contributed by atoms with Gasteiger partial charge in [-0.15, -0.1) is 0 Å². The fourth-order valence-corrected chi connectivity index (χ4v) is 3.33. The number of anilines is 1. The fourth-order valence-electron chi connectivity index (χ4n) is 3.33. The maximum Gasteiger partial charge on any atom is 0.0368 e. The van der Waals surface area contributed by atoms with Crippen molar-refractivity contribution in [3.8, 4) is 0 Å². The molecule has 2 atom stereocenters. The molecule has 2 heteroatoms. The monoisotopic (exact) mass is 260 g/mol. The second kappa shape index (κ2) is 6.95. The Kier molecular flexibility index (Phi) is 5.26. The van der Waals surface area contributed by atoms with Crippen LogP contribution in [0.4, 0.5) is 5.69 Å². The number of rotatable bonds is 5. The van der Waals surface area contributed by atoms with Crippen LogP contribution in [0.3, 0.4) is 0 Å². The van der Waals surface area contributed by atoms with E-state index in [-0.39, 0.29) is 0 Å². The van der Waals surface area contributed by atoms with E-state index in [1.165, 1.54) is 43.5 Å². The van der Waals surface area contributed by atoms with E-state index in [0.29, 0.717) is 6.04 Å². The van der Waals surface area contributed by atoms with Crippen molar-refractivity contribution in [3.05, 3.63) is 29.8 Å². The molecule has 2 unspecified atom stereocenters. The Morgan fingerprint density at radius 3 is 2.74 bits per heavy atom. The van der Waals surface area contributed by atoms with Gasteiger partial charge in [0.25, 0.3) is 0 Å². The molecule has 0 bridgehead atoms. The summed E-state index contributed by atoms with van der Waals surface area (Å²) in [6.45, 7) is 6.72. The van der Waals surface area contributed by atoms with Gasteiger partial charge in [0.05, 0.1) is 0 Å². The van der Waals surface area contributed by atoms with Crippen molar-refractivity contribution in [2.75, 3.05) is 25.0 Å². The molecule has 0 amide bonds. The quantitative estimate of drug-likeness (QED) is 0.870. The first-order valence-corrected chi connectivity index (χ1v) is 7.73. The van der Waals surface area contributed by atoms with Crippen LogP contribution < -0.4 is 10.2 Å². The molecular formula is C17H28N2. The zero-order valence-corrected chi connectivity index (χ0v) is 12.7. The lowest BCUT2D eigenvalue weighted by atomic mass is 9.84. The number of nitrogens with zero attached hydrogens (tertiary/aromatic N) is 1. The molecule has 0 aromatic heterocycles. The van der Waals surface area contributed by atoms with Gasteiger partial charge in [0.15, 0.2) is 0 Å². The molecule has 0 radical (unpaired) electrons. The van der Waals surface area contributed by atoms with Gasteiger partial charge in [0.1, 0.15) is 0 Å². The molecule has 2 rings (SSSR count). The van der Waals surface area contributed by atoms with Crippen LogP contribution in [0.2, 0.25) is 0 Å². The predicted octanol–water partition coefficient (Wildman–Crippen LogP) is 3.60.